The van der Waals surface area contributed by atoms with E-state index in [1.54, 1.807) is 62.6 Å². The minimum absolute atomic E-state index is 0.183. The van der Waals surface area contributed by atoms with E-state index in [0.717, 1.165) is 16.9 Å². The van der Waals surface area contributed by atoms with Crippen molar-refractivity contribution < 1.29 is 22.7 Å². The number of ether oxygens (including phenoxy) is 2. The third-order valence-electron chi connectivity index (χ3n) is 4.74. The number of hydrogen-bond donors (Lipinski definition) is 2. The SMILES string of the molecule is COc1cccc(COC(C)C(=O)Nc2ccc(NS(=O)(=O)c3ccc(C)cc3)cc2)c1. The first kappa shape index (κ1) is 23.3. The van der Waals surface area contributed by atoms with Gasteiger partial charge in [-0.1, -0.05) is 29.8 Å². The summed E-state index contributed by atoms with van der Waals surface area (Å²) in [6.45, 7) is 3.83. The van der Waals surface area contributed by atoms with E-state index in [0.29, 0.717) is 11.4 Å². The Morgan fingerprint density at radius 2 is 1.62 bits per heavy atom. The number of methoxy groups -OCH3 is 1. The van der Waals surface area contributed by atoms with Crippen LogP contribution in [0.25, 0.3) is 0 Å². The van der Waals surface area contributed by atoms with Crippen LogP contribution in [0.2, 0.25) is 0 Å². The zero-order valence-corrected chi connectivity index (χ0v) is 19.0. The summed E-state index contributed by atoms with van der Waals surface area (Å²) in [4.78, 5) is 12.6. The van der Waals surface area contributed by atoms with Crippen molar-refractivity contribution in [2.45, 2.75) is 31.5 Å². The molecule has 0 aromatic heterocycles. The van der Waals surface area contributed by atoms with Gasteiger partial charge in [-0.05, 0) is 67.9 Å². The summed E-state index contributed by atoms with van der Waals surface area (Å²) in [6, 6.07) is 20.4. The quantitative estimate of drug-likeness (QED) is 0.501. The van der Waals surface area contributed by atoms with E-state index in [4.69, 9.17) is 9.47 Å². The van der Waals surface area contributed by atoms with Gasteiger partial charge in [-0.3, -0.25) is 9.52 Å². The molecule has 2 N–H and O–H groups in total. The summed E-state index contributed by atoms with van der Waals surface area (Å²) in [6.07, 6.45) is -0.680. The fourth-order valence-electron chi connectivity index (χ4n) is 2.86. The average molecular weight is 455 g/mol. The van der Waals surface area contributed by atoms with E-state index in [9.17, 15) is 13.2 Å². The molecule has 0 aliphatic rings. The number of amides is 1. The van der Waals surface area contributed by atoms with E-state index in [2.05, 4.69) is 10.0 Å². The van der Waals surface area contributed by atoms with Crippen molar-refractivity contribution in [3.8, 4) is 5.75 Å². The molecule has 0 bridgehead atoms. The first-order valence-electron chi connectivity index (χ1n) is 10.0. The summed E-state index contributed by atoms with van der Waals surface area (Å²) in [7, 11) is -2.09. The van der Waals surface area contributed by atoms with Crippen LogP contribution >= 0.6 is 0 Å². The van der Waals surface area contributed by atoms with Gasteiger partial charge in [0.15, 0.2) is 0 Å². The molecule has 3 aromatic rings. The zero-order chi connectivity index (χ0) is 23.1. The lowest BCUT2D eigenvalue weighted by Gasteiger charge is -2.14. The van der Waals surface area contributed by atoms with Crippen LogP contribution in [0.3, 0.4) is 0 Å². The largest absolute Gasteiger partial charge is 0.497 e. The standard InChI is InChI=1S/C24H26N2O5S/c1-17-7-13-23(14-8-17)32(28,29)26-21-11-9-20(10-12-21)25-24(27)18(2)31-16-19-5-4-6-22(15-19)30-3/h4-15,18,26H,16H2,1-3H3,(H,25,27). The second-order valence-corrected chi connectivity index (χ2v) is 8.97. The number of sulfonamides is 1. The third-order valence-corrected chi connectivity index (χ3v) is 6.14. The monoisotopic (exact) mass is 454 g/mol. The van der Waals surface area contributed by atoms with E-state index >= 15 is 0 Å². The molecule has 0 radical (unpaired) electrons. The molecule has 7 nitrogen and oxygen atoms in total. The molecule has 0 fully saturated rings. The third kappa shape index (κ3) is 6.32. The Hall–Kier alpha value is -3.36. The summed E-state index contributed by atoms with van der Waals surface area (Å²) in [5.74, 6) is 0.419. The summed E-state index contributed by atoms with van der Waals surface area (Å²) >= 11 is 0. The molecule has 1 atom stereocenters. The molecule has 1 unspecified atom stereocenters. The van der Waals surface area contributed by atoms with Crippen molar-refractivity contribution in [3.63, 3.8) is 0 Å². The highest BCUT2D eigenvalue weighted by atomic mass is 32.2. The number of rotatable bonds is 9. The highest BCUT2D eigenvalue weighted by molar-refractivity contribution is 7.92. The fourth-order valence-corrected chi connectivity index (χ4v) is 3.91. The van der Waals surface area contributed by atoms with Gasteiger partial charge in [0, 0.05) is 11.4 Å². The molecule has 0 heterocycles. The Balaban J connectivity index is 1.55. The van der Waals surface area contributed by atoms with Gasteiger partial charge < -0.3 is 14.8 Å². The van der Waals surface area contributed by atoms with Gasteiger partial charge in [0.1, 0.15) is 11.9 Å². The average Bonchev–Trinajstić information content (AvgIpc) is 2.79. The molecule has 0 aliphatic heterocycles. The van der Waals surface area contributed by atoms with Crippen LogP contribution < -0.4 is 14.8 Å². The van der Waals surface area contributed by atoms with Crippen molar-refractivity contribution >= 4 is 27.3 Å². The number of benzene rings is 3. The van der Waals surface area contributed by atoms with Gasteiger partial charge in [0.05, 0.1) is 18.6 Å². The molecule has 3 rings (SSSR count). The first-order valence-corrected chi connectivity index (χ1v) is 11.5. The number of hydrogen-bond acceptors (Lipinski definition) is 5. The topological polar surface area (TPSA) is 93.7 Å². The highest BCUT2D eigenvalue weighted by Gasteiger charge is 2.16. The lowest BCUT2D eigenvalue weighted by Crippen LogP contribution is -2.27. The Labute approximate surface area is 188 Å². The van der Waals surface area contributed by atoms with Gasteiger partial charge in [0.2, 0.25) is 0 Å². The molecule has 32 heavy (non-hydrogen) atoms. The van der Waals surface area contributed by atoms with Crippen molar-refractivity contribution in [1.82, 2.24) is 0 Å². The molecule has 8 heteroatoms. The summed E-state index contributed by atoms with van der Waals surface area (Å²) in [5.41, 5.74) is 2.80. The Kier molecular flexibility index (Phi) is 7.50. The number of anilines is 2. The van der Waals surface area contributed by atoms with Gasteiger partial charge in [0.25, 0.3) is 15.9 Å². The molecular formula is C24H26N2O5S. The van der Waals surface area contributed by atoms with Crippen LogP contribution in [-0.2, 0) is 26.2 Å². The predicted molar refractivity (Wildman–Crippen MR) is 124 cm³/mol. The first-order chi connectivity index (χ1) is 15.3. The minimum atomic E-state index is -3.68. The molecule has 0 aliphatic carbocycles. The lowest BCUT2D eigenvalue weighted by molar-refractivity contribution is -0.127. The molecule has 3 aromatic carbocycles. The second-order valence-electron chi connectivity index (χ2n) is 7.29. The Bertz CT molecular complexity index is 1160. The van der Waals surface area contributed by atoms with Gasteiger partial charge in [-0.25, -0.2) is 8.42 Å². The van der Waals surface area contributed by atoms with Crippen LogP contribution in [0.15, 0.2) is 77.7 Å². The molecule has 1 amide bonds. The molecule has 168 valence electrons. The van der Waals surface area contributed by atoms with Crippen molar-refractivity contribution in [3.05, 3.63) is 83.9 Å². The fraction of sp³-hybridized carbons (Fsp3) is 0.208. The van der Waals surface area contributed by atoms with E-state index in [1.165, 1.54) is 0 Å². The maximum atomic E-state index is 12.5. The van der Waals surface area contributed by atoms with Crippen LogP contribution in [0, 0.1) is 6.92 Å². The second kappa shape index (κ2) is 10.3. The predicted octanol–water partition coefficient (Wildman–Crippen LogP) is 4.35. The van der Waals surface area contributed by atoms with Crippen LogP contribution in [0.4, 0.5) is 11.4 Å². The van der Waals surface area contributed by atoms with Gasteiger partial charge >= 0.3 is 0 Å². The molecule has 0 saturated heterocycles. The van der Waals surface area contributed by atoms with Crippen LogP contribution in [0.5, 0.6) is 5.75 Å². The van der Waals surface area contributed by atoms with Crippen molar-refractivity contribution in [2.75, 3.05) is 17.1 Å². The van der Waals surface area contributed by atoms with Crippen LogP contribution in [0.1, 0.15) is 18.1 Å². The number of nitrogens with one attached hydrogen (secondary N) is 2. The number of carbonyl (C=O) groups excluding carboxylic acids is 1. The van der Waals surface area contributed by atoms with Gasteiger partial charge in [-0.2, -0.15) is 0 Å². The van der Waals surface area contributed by atoms with Gasteiger partial charge in [-0.15, -0.1) is 0 Å². The van der Waals surface area contributed by atoms with E-state index in [-0.39, 0.29) is 17.4 Å². The molecule has 0 spiro atoms. The summed E-state index contributed by atoms with van der Waals surface area (Å²) < 4.78 is 38.3. The zero-order valence-electron chi connectivity index (χ0n) is 18.2. The summed E-state index contributed by atoms with van der Waals surface area (Å²) in [5, 5.41) is 2.76. The normalized spacial score (nSPS) is 12.1. The smallest absolute Gasteiger partial charge is 0.261 e. The van der Waals surface area contributed by atoms with Crippen molar-refractivity contribution in [2.24, 2.45) is 0 Å². The maximum absolute atomic E-state index is 12.5. The maximum Gasteiger partial charge on any atom is 0.261 e. The van der Waals surface area contributed by atoms with E-state index < -0.39 is 16.1 Å². The number of aryl methyl sites for hydroxylation is 1. The van der Waals surface area contributed by atoms with Crippen molar-refractivity contribution in [1.29, 1.82) is 0 Å². The highest BCUT2D eigenvalue weighted by Crippen LogP contribution is 2.19. The minimum Gasteiger partial charge on any atom is -0.497 e. The molecular weight excluding hydrogens is 428 g/mol. The molecule has 0 saturated carbocycles. The Morgan fingerprint density at radius 3 is 2.28 bits per heavy atom. The Morgan fingerprint density at radius 1 is 0.969 bits per heavy atom. The van der Waals surface area contributed by atoms with E-state index in [1.807, 2.05) is 31.2 Å². The van der Waals surface area contributed by atoms with Crippen LogP contribution in [-0.4, -0.2) is 27.5 Å². The number of carbonyl (C=O) groups is 1. The lowest BCUT2D eigenvalue weighted by atomic mass is 10.2.